The number of hydrogen-bond acceptors (Lipinski definition) is 7. The van der Waals surface area contributed by atoms with E-state index in [2.05, 4.69) is 26.0 Å². The van der Waals surface area contributed by atoms with E-state index >= 15 is 0 Å². The van der Waals surface area contributed by atoms with E-state index in [0.717, 1.165) is 12.1 Å². The van der Waals surface area contributed by atoms with E-state index in [1.807, 2.05) is 0 Å². The van der Waals surface area contributed by atoms with Crippen molar-refractivity contribution in [3.63, 3.8) is 0 Å². The number of aliphatic hydroxyl groups excluding tert-OH is 1. The fraction of sp³-hybridized carbons (Fsp3) is 0.231. The summed E-state index contributed by atoms with van der Waals surface area (Å²) in [6.07, 6.45) is -4.21. The van der Waals surface area contributed by atoms with Crippen molar-refractivity contribution in [3.8, 4) is 5.75 Å². The van der Waals surface area contributed by atoms with Crippen LogP contribution in [-0.4, -0.2) is 46.3 Å². The molecule has 1 aromatic rings. The van der Waals surface area contributed by atoms with Gasteiger partial charge in [0.05, 0.1) is 28.6 Å². The van der Waals surface area contributed by atoms with Crippen LogP contribution in [0.2, 0.25) is 0 Å². The predicted molar refractivity (Wildman–Crippen MR) is 83.0 cm³/mol. The van der Waals surface area contributed by atoms with Gasteiger partial charge in [-0.15, -0.1) is 13.2 Å². The lowest BCUT2D eigenvalue weighted by molar-refractivity contribution is -0.384. The molecule has 0 aromatic heterocycles. The van der Waals surface area contributed by atoms with Gasteiger partial charge in [-0.2, -0.15) is 0 Å². The van der Waals surface area contributed by atoms with Gasteiger partial charge in [-0.1, -0.05) is 0 Å². The van der Waals surface area contributed by atoms with Crippen molar-refractivity contribution in [1.29, 1.82) is 0 Å². The van der Waals surface area contributed by atoms with Gasteiger partial charge in [-0.05, 0) is 22.0 Å². The number of nitrogens with zero attached hydrogens (tertiary/aromatic N) is 2. The molecule has 2 amide bonds. The highest BCUT2D eigenvalue weighted by atomic mass is 79.9. The number of hydrogen-bond donors (Lipinski definition) is 2. The number of anilines is 1. The number of rotatable bonds is 6. The Hall–Kier alpha value is -2.67. The first-order valence-electron chi connectivity index (χ1n) is 6.72. The summed E-state index contributed by atoms with van der Waals surface area (Å²) in [7, 11) is 0. The SMILES string of the molecule is O=C1C=C(Nc2cc(Br)c(OC(F)(F)F)cc2[N+](=O)[O-])C(=O)N1CCO. The first-order valence-corrected chi connectivity index (χ1v) is 7.52. The van der Waals surface area contributed by atoms with Crippen LogP contribution >= 0.6 is 15.9 Å². The molecule has 1 aliphatic rings. The highest BCUT2D eigenvalue weighted by molar-refractivity contribution is 9.10. The Bertz CT molecular complexity index is 811. The predicted octanol–water partition coefficient (Wildman–Crippen LogP) is 1.91. The lowest BCUT2D eigenvalue weighted by Crippen LogP contribution is -2.34. The Balaban J connectivity index is 2.37. The van der Waals surface area contributed by atoms with Gasteiger partial charge in [0.2, 0.25) is 0 Å². The summed E-state index contributed by atoms with van der Waals surface area (Å²) in [5, 5.41) is 22.3. The van der Waals surface area contributed by atoms with E-state index in [1.165, 1.54) is 0 Å². The van der Waals surface area contributed by atoms with Crippen molar-refractivity contribution >= 4 is 39.1 Å². The van der Waals surface area contributed by atoms with E-state index in [1.54, 1.807) is 0 Å². The van der Waals surface area contributed by atoms with Gasteiger partial charge in [0, 0.05) is 6.08 Å². The van der Waals surface area contributed by atoms with E-state index < -0.39 is 41.1 Å². The van der Waals surface area contributed by atoms with Gasteiger partial charge >= 0.3 is 6.36 Å². The van der Waals surface area contributed by atoms with Crippen LogP contribution in [0.25, 0.3) is 0 Å². The first-order chi connectivity index (χ1) is 12.0. The zero-order valence-corrected chi connectivity index (χ0v) is 14.1. The van der Waals surface area contributed by atoms with Crippen LogP contribution < -0.4 is 10.1 Å². The first kappa shape index (κ1) is 19.7. The third kappa shape index (κ3) is 4.29. The number of carbonyl (C=O) groups excluding carboxylic acids is 2. The Morgan fingerprint density at radius 2 is 2.00 bits per heavy atom. The monoisotopic (exact) mass is 439 g/mol. The van der Waals surface area contributed by atoms with Gasteiger partial charge < -0.3 is 15.2 Å². The number of nitrogens with one attached hydrogen (secondary N) is 1. The summed E-state index contributed by atoms with van der Waals surface area (Å²) in [6, 6.07) is 1.43. The number of amides is 2. The molecule has 2 rings (SSSR count). The molecule has 0 radical (unpaired) electrons. The minimum absolute atomic E-state index is 0.271. The Morgan fingerprint density at radius 1 is 1.35 bits per heavy atom. The molecule has 13 heteroatoms. The second kappa shape index (κ2) is 7.29. The van der Waals surface area contributed by atoms with Crippen molar-refractivity contribution in [1.82, 2.24) is 4.90 Å². The molecule has 2 N–H and O–H groups in total. The van der Waals surface area contributed by atoms with Gasteiger partial charge in [-0.25, -0.2) is 0 Å². The van der Waals surface area contributed by atoms with Crippen molar-refractivity contribution < 1.29 is 37.5 Å². The van der Waals surface area contributed by atoms with Crippen LogP contribution in [0, 0.1) is 10.1 Å². The normalized spacial score (nSPS) is 14.5. The molecule has 1 aromatic carbocycles. The molecule has 1 aliphatic heterocycles. The maximum absolute atomic E-state index is 12.3. The Labute approximate surface area is 151 Å². The number of β-amino-alcohol motifs (C(OH)–C–C–N with tert-alkyl or cyclic N) is 1. The summed E-state index contributed by atoms with van der Waals surface area (Å²) < 4.78 is 40.5. The maximum atomic E-state index is 12.3. The van der Waals surface area contributed by atoms with Crippen LogP contribution in [0.3, 0.4) is 0 Å². The number of carbonyl (C=O) groups is 2. The number of nitro groups is 1. The molecule has 0 aliphatic carbocycles. The van der Waals surface area contributed by atoms with Gasteiger partial charge in [-0.3, -0.25) is 24.6 Å². The minimum Gasteiger partial charge on any atom is -0.404 e. The summed E-state index contributed by atoms with van der Waals surface area (Å²) in [5.74, 6) is -2.44. The van der Waals surface area contributed by atoms with Crippen molar-refractivity contribution in [2.45, 2.75) is 6.36 Å². The molecule has 1 heterocycles. The smallest absolute Gasteiger partial charge is 0.404 e. The quantitative estimate of drug-likeness (QED) is 0.394. The third-order valence-electron chi connectivity index (χ3n) is 3.07. The maximum Gasteiger partial charge on any atom is 0.573 e. The van der Waals surface area contributed by atoms with Crippen LogP contribution in [0.15, 0.2) is 28.4 Å². The van der Waals surface area contributed by atoms with E-state index in [-0.39, 0.29) is 22.4 Å². The van der Waals surface area contributed by atoms with Gasteiger partial charge in [0.25, 0.3) is 17.5 Å². The standard InChI is InChI=1S/C13H9BrF3N3O6/c14-6-3-7(9(20(24)25)5-10(6)26-13(15,16)17)18-8-4-11(22)19(1-2-21)12(8)23/h3-5,18,21H,1-2H2. The van der Waals surface area contributed by atoms with Crippen LogP contribution in [0.4, 0.5) is 24.5 Å². The van der Waals surface area contributed by atoms with Crippen molar-refractivity contribution in [2.24, 2.45) is 0 Å². The third-order valence-corrected chi connectivity index (χ3v) is 3.69. The number of halogens is 4. The number of imide groups is 1. The van der Waals surface area contributed by atoms with Gasteiger partial charge in [0.15, 0.2) is 5.75 Å². The average Bonchev–Trinajstić information content (AvgIpc) is 2.76. The Kier molecular flexibility index (Phi) is 5.51. The summed E-state index contributed by atoms with van der Waals surface area (Å²) in [6.45, 7) is -0.753. The molecule has 0 spiro atoms. The summed E-state index contributed by atoms with van der Waals surface area (Å²) in [5.41, 5.74) is -1.48. The topological polar surface area (TPSA) is 122 Å². The second-order valence-corrected chi connectivity index (χ2v) is 5.66. The molecule has 0 fully saturated rings. The number of nitro benzene ring substituents is 1. The molecule has 9 nitrogen and oxygen atoms in total. The minimum atomic E-state index is -5.06. The molecular weight excluding hydrogens is 431 g/mol. The lowest BCUT2D eigenvalue weighted by atomic mass is 10.2. The fourth-order valence-corrected chi connectivity index (χ4v) is 2.48. The highest BCUT2D eigenvalue weighted by Gasteiger charge is 2.35. The van der Waals surface area contributed by atoms with E-state index in [0.29, 0.717) is 11.0 Å². The van der Waals surface area contributed by atoms with Crippen LogP contribution in [-0.2, 0) is 9.59 Å². The largest absolute Gasteiger partial charge is 0.573 e. The lowest BCUT2D eigenvalue weighted by Gasteiger charge is -2.15. The molecule has 0 atom stereocenters. The molecule has 140 valence electrons. The summed E-state index contributed by atoms with van der Waals surface area (Å²) >= 11 is 2.79. The van der Waals surface area contributed by atoms with Crippen molar-refractivity contribution in [2.75, 3.05) is 18.5 Å². The van der Waals surface area contributed by atoms with E-state index in [4.69, 9.17) is 5.11 Å². The second-order valence-electron chi connectivity index (χ2n) is 4.81. The molecule has 0 bridgehead atoms. The van der Waals surface area contributed by atoms with Crippen LogP contribution in [0.5, 0.6) is 5.75 Å². The Morgan fingerprint density at radius 3 is 2.54 bits per heavy atom. The zero-order chi connectivity index (χ0) is 19.6. The number of alkyl halides is 3. The molecule has 0 saturated carbocycles. The average molecular weight is 440 g/mol. The molecule has 26 heavy (non-hydrogen) atoms. The van der Waals surface area contributed by atoms with Crippen molar-refractivity contribution in [3.05, 3.63) is 38.5 Å². The molecule has 0 saturated heterocycles. The number of ether oxygens (including phenoxy) is 1. The number of aliphatic hydroxyl groups is 1. The zero-order valence-electron chi connectivity index (χ0n) is 12.5. The molecule has 0 unspecified atom stereocenters. The number of benzene rings is 1. The van der Waals surface area contributed by atoms with E-state index in [9.17, 15) is 32.9 Å². The fourth-order valence-electron chi connectivity index (χ4n) is 2.05. The molecular formula is C13H9BrF3N3O6. The summed E-state index contributed by atoms with van der Waals surface area (Å²) in [4.78, 5) is 34.6. The highest BCUT2D eigenvalue weighted by Crippen LogP contribution is 2.39. The van der Waals surface area contributed by atoms with Gasteiger partial charge in [0.1, 0.15) is 11.4 Å². The van der Waals surface area contributed by atoms with Crippen LogP contribution in [0.1, 0.15) is 0 Å².